The van der Waals surface area contributed by atoms with Gasteiger partial charge in [-0.1, -0.05) is 6.92 Å². The molecule has 100 valence electrons. The second-order valence-corrected chi connectivity index (χ2v) is 5.76. The second-order valence-electron chi connectivity index (χ2n) is 5.76. The van der Waals surface area contributed by atoms with Gasteiger partial charge in [0.25, 0.3) is 0 Å². The normalized spacial score (nSPS) is 25.4. The number of hydrogen-bond acceptors (Lipinski definition) is 3. The van der Waals surface area contributed by atoms with Crippen LogP contribution in [0.1, 0.15) is 53.4 Å². The van der Waals surface area contributed by atoms with Crippen molar-refractivity contribution in [2.45, 2.75) is 71.1 Å². The predicted octanol–water partition coefficient (Wildman–Crippen LogP) is 2.43. The molecular formula is C13H26N2O2. The molecule has 1 rings (SSSR count). The van der Waals surface area contributed by atoms with Gasteiger partial charge in [0, 0.05) is 12.1 Å². The third kappa shape index (κ3) is 5.91. The molecule has 0 aromatic heterocycles. The Hall–Kier alpha value is -0.770. The Bertz CT molecular complexity index is 246. The fourth-order valence-electron chi connectivity index (χ4n) is 2.27. The molecule has 4 heteroatoms. The fourth-order valence-corrected chi connectivity index (χ4v) is 2.27. The molecule has 1 aliphatic rings. The van der Waals surface area contributed by atoms with Crippen molar-refractivity contribution in [1.29, 1.82) is 0 Å². The van der Waals surface area contributed by atoms with Crippen molar-refractivity contribution >= 4 is 6.09 Å². The first-order valence-corrected chi connectivity index (χ1v) is 6.63. The summed E-state index contributed by atoms with van der Waals surface area (Å²) < 4.78 is 5.27. The van der Waals surface area contributed by atoms with Crippen LogP contribution in [0.2, 0.25) is 0 Å². The summed E-state index contributed by atoms with van der Waals surface area (Å²) in [6.07, 6.45) is 4.15. The van der Waals surface area contributed by atoms with Crippen molar-refractivity contribution in [3.63, 3.8) is 0 Å². The number of alkyl carbamates (subject to hydrolysis) is 1. The van der Waals surface area contributed by atoms with E-state index >= 15 is 0 Å². The highest BCUT2D eigenvalue weighted by molar-refractivity contribution is 5.68. The molecule has 0 bridgehead atoms. The van der Waals surface area contributed by atoms with Gasteiger partial charge in [0.15, 0.2) is 0 Å². The lowest BCUT2D eigenvalue weighted by atomic mass is 9.91. The van der Waals surface area contributed by atoms with Crippen LogP contribution in [0.4, 0.5) is 4.79 Å². The topological polar surface area (TPSA) is 50.4 Å². The van der Waals surface area contributed by atoms with E-state index in [9.17, 15) is 4.79 Å². The maximum Gasteiger partial charge on any atom is 0.407 e. The summed E-state index contributed by atoms with van der Waals surface area (Å²) >= 11 is 0. The van der Waals surface area contributed by atoms with E-state index < -0.39 is 5.60 Å². The van der Waals surface area contributed by atoms with E-state index in [4.69, 9.17) is 4.74 Å². The highest BCUT2D eigenvalue weighted by Gasteiger charge is 2.24. The van der Waals surface area contributed by atoms with Gasteiger partial charge in [-0.05, 0) is 53.0 Å². The Labute approximate surface area is 104 Å². The molecule has 17 heavy (non-hydrogen) atoms. The highest BCUT2D eigenvalue weighted by Crippen LogP contribution is 2.19. The standard InChI is InChI=1S/C13H26N2O2/c1-5-14-10-7-6-8-11(9-10)15-12(16)17-13(2,3)4/h10-11,14H,5-9H2,1-4H3,(H,15,16)/t10-,11+/m1/s1. The molecule has 0 heterocycles. The minimum atomic E-state index is -0.417. The Morgan fingerprint density at radius 2 is 1.94 bits per heavy atom. The molecule has 4 nitrogen and oxygen atoms in total. The number of amides is 1. The van der Waals surface area contributed by atoms with E-state index in [0.717, 1.165) is 25.8 Å². The SMILES string of the molecule is CCN[C@@H]1CCC[C@H](NC(=O)OC(C)(C)C)C1. The molecule has 2 atom stereocenters. The van der Waals surface area contributed by atoms with Gasteiger partial charge in [-0.15, -0.1) is 0 Å². The molecule has 0 radical (unpaired) electrons. The summed E-state index contributed by atoms with van der Waals surface area (Å²) in [5.74, 6) is 0. The molecule has 0 aromatic carbocycles. The van der Waals surface area contributed by atoms with Gasteiger partial charge >= 0.3 is 6.09 Å². The van der Waals surface area contributed by atoms with Crippen LogP contribution in [0.15, 0.2) is 0 Å². The molecule has 0 unspecified atom stereocenters. The lowest BCUT2D eigenvalue weighted by Gasteiger charge is -2.31. The molecular weight excluding hydrogens is 216 g/mol. The van der Waals surface area contributed by atoms with Crippen LogP contribution in [0.5, 0.6) is 0 Å². The van der Waals surface area contributed by atoms with Crippen molar-refractivity contribution in [2.75, 3.05) is 6.54 Å². The van der Waals surface area contributed by atoms with Crippen LogP contribution < -0.4 is 10.6 Å². The van der Waals surface area contributed by atoms with Gasteiger partial charge < -0.3 is 15.4 Å². The molecule has 1 amide bonds. The third-order valence-corrected chi connectivity index (χ3v) is 2.89. The van der Waals surface area contributed by atoms with Crippen LogP contribution in [0, 0.1) is 0 Å². The largest absolute Gasteiger partial charge is 0.444 e. The number of nitrogens with one attached hydrogen (secondary N) is 2. The quantitative estimate of drug-likeness (QED) is 0.799. The van der Waals surface area contributed by atoms with E-state index in [2.05, 4.69) is 17.6 Å². The van der Waals surface area contributed by atoms with Gasteiger partial charge in [0.2, 0.25) is 0 Å². The smallest absolute Gasteiger partial charge is 0.407 e. The van der Waals surface area contributed by atoms with Crippen molar-refractivity contribution in [2.24, 2.45) is 0 Å². The first kappa shape index (κ1) is 14.3. The third-order valence-electron chi connectivity index (χ3n) is 2.89. The molecule has 2 N–H and O–H groups in total. The van der Waals surface area contributed by atoms with Crippen LogP contribution in [0.25, 0.3) is 0 Å². The molecule has 1 fully saturated rings. The van der Waals surface area contributed by atoms with Crippen molar-refractivity contribution in [1.82, 2.24) is 10.6 Å². The number of rotatable bonds is 3. The van der Waals surface area contributed by atoms with E-state index in [1.165, 1.54) is 6.42 Å². The van der Waals surface area contributed by atoms with E-state index in [-0.39, 0.29) is 12.1 Å². The van der Waals surface area contributed by atoms with Gasteiger partial charge in [0.05, 0.1) is 0 Å². The monoisotopic (exact) mass is 242 g/mol. The van der Waals surface area contributed by atoms with Crippen LogP contribution >= 0.6 is 0 Å². The summed E-state index contributed by atoms with van der Waals surface area (Å²) in [4.78, 5) is 11.6. The molecule has 0 spiro atoms. The Morgan fingerprint density at radius 3 is 2.53 bits per heavy atom. The lowest BCUT2D eigenvalue weighted by Crippen LogP contribution is -2.45. The second kappa shape index (κ2) is 6.24. The van der Waals surface area contributed by atoms with E-state index in [1.807, 2.05) is 20.8 Å². The molecule has 1 aliphatic carbocycles. The van der Waals surface area contributed by atoms with Gasteiger partial charge in [-0.3, -0.25) is 0 Å². The number of carbonyl (C=O) groups excluding carboxylic acids is 1. The zero-order valence-corrected chi connectivity index (χ0v) is 11.5. The Kier molecular flexibility index (Phi) is 5.25. The first-order chi connectivity index (χ1) is 7.90. The predicted molar refractivity (Wildman–Crippen MR) is 69.1 cm³/mol. The Balaban J connectivity index is 2.33. The maximum absolute atomic E-state index is 11.6. The molecule has 0 aliphatic heterocycles. The molecule has 1 saturated carbocycles. The summed E-state index contributed by atoms with van der Waals surface area (Å²) in [7, 11) is 0. The molecule has 0 aromatic rings. The first-order valence-electron chi connectivity index (χ1n) is 6.63. The zero-order valence-electron chi connectivity index (χ0n) is 11.5. The van der Waals surface area contributed by atoms with Crippen LogP contribution in [0.3, 0.4) is 0 Å². The minimum Gasteiger partial charge on any atom is -0.444 e. The highest BCUT2D eigenvalue weighted by atomic mass is 16.6. The minimum absolute atomic E-state index is 0.252. The summed E-state index contributed by atoms with van der Waals surface area (Å²) in [6.45, 7) is 8.76. The van der Waals surface area contributed by atoms with Crippen molar-refractivity contribution in [3.05, 3.63) is 0 Å². The average Bonchev–Trinajstić information content (AvgIpc) is 2.15. The van der Waals surface area contributed by atoms with Crippen LogP contribution in [-0.4, -0.2) is 30.3 Å². The summed E-state index contributed by atoms with van der Waals surface area (Å²) in [6, 6.07) is 0.788. The van der Waals surface area contributed by atoms with E-state index in [0.29, 0.717) is 6.04 Å². The zero-order chi connectivity index (χ0) is 12.9. The summed E-state index contributed by atoms with van der Waals surface area (Å²) in [5, 5.41) is 6.41. The average molecular weight is 242 g/mol. The number of hydrogen-bond donors (Lipinski definition) is 2. The lowest BCUT2D eigenvalue weighted by molar-refractivity contribution is 0.0489. The fraction of sp³-hybridized carbons (Fsp3) is 0.923. The van der Waals surface area contributed by atoms with Crippen molar-refractivity contribution < 1.29 is 9.53 Å². The summed E-state index contributed by atoms with van der Waals surface area (Å²) in [5.41, 5.74) is -0.417. The number of ether oxygens (including phenoxy) is 1. The van der Waals surface area contributed by atoms with Gasteiger partial charge in [-0.25, -0.2) is 4.79 Å². The maximum atomic E-state index is 11.6. The number of carbonyl (C=O) groups is 1. The van der Waals surface area contributed by atoms with Crippen LogP contribution in [-0.2, 0) is 4.74 Å². The van der Waals surface area contributed by atoms with Crippen molar-refractivity contribution in [3.8, 4) is 0 Å². The van der Waals surface area contributed by atoms with Gasteiger partial charge in [0.1, 0.15) is 5.60 Å². The molecule has 0 saturated heterocycles. The van der Waals surface area contributed by atoms with Gasteiger partial charge in [-0.2, -0.15) is 0 Å². The van der Waals surface area contributed by atoms with E-state index in [1.54, 1.807) is 0 Å². The Morgan fingerprint density at radius 1 is 1.29 bits per heavy atom.